The van der Waals surface area contributed by atoms with Gasteiger partial charge in [0.05, 0.1) is 12.7 Å². The summed E-state index contributed by atoms with van der Waals surface area (Å²) < 4.78 is 34.6. The van der Waals surface area contributed by atoms with Crippen LogP contribution in [0.4, 0.5) is 0 Å². The van der Waals surface area contributed by atoms with Crippen LogP contribution in [-0.2, 0) is 33.2 Å². The second-order valence-corrected chi connectivity index (χ2v) is 10.7. The van der Waals surface area contributed by atoms with E-state index in [4.69, 9.17) is 28.4 Å². The molecule has 8 N–H and O–H groups in total. The van der Waals surface area contributed by atoms with Crippen molar-refractivity contribution in [1.29, 1.82) is 0 Å². The summed E-state index contributed by atoms with van der Waals surface area (Å²) in [4.78, 5) is 12.4. The first-order valence-corrected chi connectivity index (χ1v) is 13.8. The van der Waals surface area contributed by atoms with Crippen LogP contribution < -0.4 is 0 Å². The van der Waals surface area contributed by atoms with Crippen molar-refractivity contribution in [3.63, 3.8) is 0 Å². The average molecular weight is 623 g/mol. The zero-order valence-electron chi connectivity index (χ0n) is 23.3. The lowest BCUT2D eigenvalue weighted by atomic mass is 9.96. The molecule has 0 radical (unpaired) electrons. The van der Waals surface area contributed by atoms with Gasteiger partial charge in [0.25, 0.3) is 0 Å². The zero-order chi connectivity index (χ0) is 31.7. The first-order chi connectivity index (χ1) is 20.9. The van der Waals surface area contributed by atoms with E-state index in [1.54, 1.807) is 0 Å². The first kappa shape index (κ1) is 31.9. The molecule has 240 valence electrons. The van der Waals surface area contributed by atoms with Crippen LogP contribution in [0, 0.1) is 0 Å². The molecule has 2 aromatic carbocycles. The molecule has 0 bridgehead atoms. The van der Waals surface area contributed by atoms with Crippen LogP contribution in [0.3, 0.4) is 0 Å². The minimum atomic E-state index is -1.70. The highest BCUT2D eigenvalue weighted by molar-refractivity contribution is 5.87. The SMILES string of the molecule is CC1OC(OC2C(O)C(COC(=O)C=Cc3ccc(O)c(O)c3)OC3OCC(c4ccc(O)c(O)c4)OC32)C(O)C(O)C1O. The summed E-state index contributed by atoms with van der Waals surface area (Å²) in [7, 11) is 0. The molecular weight excluding hydrogens is 588 g/mol. The standard InChI is InChI=1S/C29H34O15/c1-12-22(35)24(37)25(38)28(41-12)44-26-23(36)20(11-39-21(34)7-3-13-2-5-15(30)17(32)8-13)43-29-27(26)42-19(10-40-29)14-4-6-16(31)18(33)9-14/h2-9,12,19-20,22-33,35-38H,10-11H2,1H3. The smallest absolute Gasteiger partial charge is 0.330 e. The van der Waals surface area contributed by atoms with Gasteiger partial charge in [-0.2, -0.15) is 0 Å². The highest BCUT2D eigenvalue weighted by Gasteiger charge is 2.53. The molecule has 44 heavy (non-hydrogen) atoms. The number of phenolic OH excluding ortho intramolecular Hbond substituents is 4. The van der Waals surface area contributed by atoms with Gasteiger partial charge < -0.3 is 69.3 Å². The Labute approximate surface area is 250 Å². The van der Waals surface area contributed by atoms with E-state index in [1.807, 2.05) is 0 Å². The number of hydrogen-bond acceptors (Lipinski definition) is 15. The lowest BCUT2D eigenvalue weighted by Gasteiger charge is -2.49. The van der Waals surface area contributed by atoms with Crippen molar-refractivity contribution in [3.8, 4) is 23.0 Å². The first-order valence-electron chi connectivity index (χ1n) is 13.8. The molecule has 15 heteroatoms. The fraction of sp³-hybridized carbons (Fsp3) is 0.483. The lowest BCUT2D eigenvalue weighted by Crippen LogP contribution is -2.66. The summed E-state index contributed by atoms with van der Waals surface area (Å²) in [5.74, 6) is -2.25. The van der Waals surface area contributed by atoms with Crippen LogP contribution >= 0.6 is 0 Å². The largest absolute Gasteiger partial charge is 0.504 e. The number of fused-ring (bicyclic) bond motifs is 1. The summed E-state index contributed by atoms with van der Waals surface area (Å²) in [6, 6.07) is 7.99. The highest BCUT2D eigenvalue weighted by atomic mass is 16.8. The quantitative estimate of drug-likeness (QED) is 0.111. The fourth-order valence-electron chi connectivity index (χ4n) is 5.09. The van der Waals surface area contributed by atoms with E-state index in [0.717, 1.165) is 6.08 Å². The number of benzene rings is 2. The molecule has 3 aliphatic heterocycles. The van der Waals surface area contributed by atoms with Gasteiger partial charge in [-0.25, -0.2) is 4.79 Å². The van der Waals surface area contributed by atoms with E-state index in [9.17, 15) is 45.6 Å². The van der Waals surface area contributed by atoms with Gasteiger partial charge in [0, 0.05) is 6.08 Å². The van der Waals surface area contributed by atoms with Crippen molar-refractivity contribution < 1.29 is 74.1 Å². The van der Waals surface area contributed by atoms with E-state index in [-0.39, 0.29) is 29.6 Å². The van der Waals surface area contributed by atoms with Crippen LogP contribution in [0.2, 0.25) is 0 Å². The molecule has 0 spiro atoms. The third kappa shape index (κ3) is 6.76. The monoisotopic (exact) mass is 622 g/mol. The van der Waals surface area contributed by atoms with E-state index >= 15 is 0 Å². The Morgan fingerprint density at radius 3 is 2.27 bits per heavy atom. The van der Waals surface area contributed by atoms with Gasteiger partial charge in [0.2, 0.25) is 0 Å². The van der Waals surface area contributed by atoms with Crippen molar-refractivity contribution in [2.24, 2.45) is 0 Å². The molecule has 5 rings (SSSR count). The Bertz CT molecular complexity index is 1350. The topological polar surface area (TPSA) is 234 Å². The Balaban J connectivity index is 1.31. The van der Waals surface area contributed by atoms with Gasteiger partial charge in [0.15, 0.2) is 35.6 Å². The van der Waals surface area contributed by atoms with Crippen molar-refractivity contribution in [1.82, 2.24) is 0 Å². The van der Waals surface area contributed by atoms with Gasteiger partial charge in [-0.05, 0) is 48.4 Å². The molecule has 11 unspecified atom stereocenters. The number of aliphatic hydroxyl groups is 4. The number of hydrogen-bond donors (Lipinski definition) is 8. The normalized spacial score (nSPS) is 35.7. The molecule has 0 amide bonds. The molecule has 0 aromatic heterocycles. The zero-order valence-corrected chi connectivity index (χ0v) is 23.3. The third-order valence-electron chi connectivity index (χ3n) is 7.62. The maximum Gasteiger partial charge on any atom is 0.330 e. The van der Waals surface area contributed by atoms with E-state index in [2.05, 4.69) is 0 Å². The molecule has 3 heterocycles. The number of rotatable bonds is 7. The number of carbonyl (C=O) groups excluding carboxylic acids is 1. The second-order valence-electron chi connectivity index (χ2n) is 10.7. The van der Waals surface area contributed by atoms with Crippen LogP contribution in [0.25, 0.3) is 6.08 Å². The van der Waals surface area contributed by atoms with Crippen molar-refractivity contribution >= 4 is 12.0 Å². The number of carbonyl (C=O) groups is 1. The molecule has 11 atom stereocenters. The summed E-state index contributed by atoms with van der Waals surface area (Å²) in [6.45, 7) is 0.911. The average Bonchev–Trinajstić information content (AvgIpc) is 3.00. The Morgan fingerprint density at radius 2 is 1.57 bits per heavy atom. The molecule has 2 aromatic rings. The predicted molar refractivity (Wildman–Crippen MR) is 145 cm³/mol. The molecule has 0 aliphatic carbocycles. The summed E-state index contributed by atoms with van der Waals surface area (Å²) in [5, 5.41) is 80.9. The number of aromatic hydroxyl groups is 4. The third-order valence-corrected chi connectivity index (χ3v) is 7.62. The molecule has 3 fully saturated rings. The molecule has 3 saturated heterocycles. The van der Waals surface area contributed by atoms with Gasteiger partial charge in [-0.15, -0.1) is 0 Å². The molecule has 0 saturated carbocycles. The number of esters is 1. The van der Waals surface area contributed by atoms with Crippen LogP contribution in [0.5, 0.6) is 23.0 Å². The van der Waals surface area contributed by atoms with Gasteiger partial charge in [-0.1, -0.05) is 12.1 Å². The Morgan fingerprint density at radius 1 is 0.864 bits per heavy atom. The van der Waals surface area contributed by atoms with Gasteiger partial charge in [0.1, 0.15) is 55.4 Å². The van der Waals surface area contributed by atoms with E-state index in [1.165, 1.54) is 49.4 Å². The van der Waals surface area contributed by atoms with E-state index in [0.29, 0.717) is 11.1 Å². The van der Waals surface area contributed by atoms with Crippen molar-refractivity contribution in [2.75, 3.05) is 13.2 Å². The maximum absolute atomic E-state index is 12.4. The van der Waals surface area contributed by atoms with Gasteiger partial charge in [-0.3, -0.25) is 0 Å². The van der Waals surface area contributed by atoms with Gasteiger partial charge >= 0.3 is 5.97 Å². The minimum Gasteiger partial charge on any atom is -0.504 e. The highest BCUT2D eigenvalue weighted by Crippen LogP contribution is 2.38. The Hall–Kier alpha value is -3.51. The maximum atomic E-state index is 12.4. The van der Waals surface area contributed by atoms with Crippen LogP contribution in [0.15, 0.2) is 42.5 Å². The Kier molecular flexibility index (Phi) is 9.59. The van der Waals surface area contributed by atoms with Crippen molar-refractivity contribution in [2.45, 2.75) is 74.4 Å². The molecule has 3 aliphatic rings. The number of aliphatic hydroxyl groups excluding tert-OH is 4. The van der Waals surface area contributed by atoms with Crippen LogP contribution in [-0.4, -0.2) is 121 Å². The molecular formula is C29H34O15. The van der Waals surface area contributed by atoms with E-state index < -0.39 is 80.1 Å². The second kappa shape index (κ2) is 13.2. The molecule has 15 nitrogen and oxygen atoms in total. The lowest BCUT2D eigenvalue weighted by molar-refractivity contribution is -0.384. The summed E-state index contributed by atoms with van der Waals surface area (Å²) >= 11 is 0. The predicted octanol–water partition coefficient (Wildman–Crippen LogP) is -0.479. The summed E-state index contributed by atoms with van der Waals surface area (Å²) in [5.41, 5.74) is 0.831. The minimum absolute atomic E-state index is 0.0760. The van der Waals surface area contributed by atoms with Crippen LogP contribution in [0.1, 0.15) is 24.2 Å². The van der Waals surface area contributed by atoms with Crippen molar-refractivity contribution in [3.05, 3.63) is 53.6 Å². The number of phenols is 4. The fourth-order valence-corrected chi connectivity index (χ4v) is 5.09. The summed E-state index contributed by atoms with van der Waals surface area (Å²) in [6.07, 6.45) is -12.1. The number of ether oxygens (including phenoxy) is 6.